The maximum absolute atomic E-state index is 12.5. The summed E-state index contributed by atoms with van der Waals surface area (Å²) >= 11 is 0. The zero-order valence-corrected chi connectivity index (χ0v) is 13.4. The summed E-state index contributed by atoms with van der Waals surface area (Å²) in [6, 6.07) is 1.83. The zero-order chi connectivity index (χ0) is 16.2. The fourth-order valence-corrected chi connectivity index (χ4v) is 2.70. The Morgan fingerprint density at radius 3 is 2.83 bits per heavy atom. The minimum atomic E-state index is 0.0866. The third kappa shape index (κ3) is 3.59. The fourth-order valence-electron chi connectivity index (χ4n) is 2.70. The van der Waals surface area contributed by atoms with E-state index in [2.05, 4.69) is 20.0 Å². The molecule has 0 aromatic carbocycles. The third-order valence-corrected chi connectivity index (χ3v) is 3.99. The van der Waals surface area contributed by atoms with Crippen LogP contribution in [0.5, 0.6) is 0 Å². The number of carbonyl (C=O) groups excluding carboxylic acids is 1. The standard InChI is InChI=1S/C15H21N5O3/c1-11-12(3-4-16-11)15(21)20-7-5-19(6-8-20)9-14-17-13(10-22-2)18-23-14/h3-4,16H,5-10H2,1-2H3. The van der Waals surface area contributed by atoms with E-state index in [1.807, 2.05) is 17.9 Å². The molecule has 8 nitrogen and oxygen atoms in total. The molecule has 0 spiro atoms. The number of carbonyl (C=O) groups is 1. The van der Waals surface area contributed by atoms with Crippen molar-refractivity contribution in [3.8, 4) is 0 Å². The van der Waals surface area contributed by atoms with Crippen LogP contribution < -0.4 is 0 Å². The lowest BCUT2D eigenvalue weighted by Gasteiger charge is -2.33. The number of ether oxygens (including phenoxy) is 1. The fraction of sp³-hybridized carbons (Fsp3) is 0.533. The molecule has 2 aromatic heterocycles. The highest BCUT2D eigenvalue weighted by Gasteiger charge is 2.24. The molecule has 0 aliphatic carbocycles. The van der Waals surface area contributed by atoms with E-state index in [0.717, 1.165) is 24.3 Å². The van der Waals surface area contributed by atoms with Gasteiger partial charge in [0.05, 0.1) is 12.1 Å². The van der Waals surface area contributed by atoms with Crippen LogP contribution in [0.25, 0.3) is 0 Å². The number of H-pyrrole nitrogens is 1. The summed E-state index contributed by atoms with van der Waals surface area (Å²) in [5.41, 5.74) is 1.66. The smallest absolute Gasteiger partial charge is 0.255 e. The second-order valence-electron chi connectivity index (χ2n) is 5.62. The molecule has 3 rings (SSSR count). The number of nitrogens with zero attached hydrogens (tertiary/aromatic N) is 4. The molecule has 0 saturated carbocycles. The second-order valence-corrected chi connectivity index (χ2v) is 5.62. The van der Waals surface area contributed by atoms with E-state index in [1.54, 1.807) is 13.3 Å². The van der Waals surface area contributed by atoms with E-state index in [4.69, 9.17) is 9.26 Å². The molecule has 23 heavy (non-hydrogen) atoms. The van der Waals surface area contributed by atoms with Crippen molar-refractivity contribution in [3.05, 3.63) is 35.2 Å². The molecule has 124 valence electrons. The molecule has 0 bridgehead atoms. The third-order valence-electron chi connectivity index (χ3n) is 3.99. The Hall–Kier alpha value is -2.19. The Labute approximate surface area is 134 Å². The number of nitrogens with one attached hydrogen (secondary N) is 1. The van der Waals surface area contributed by atoms with Gasteiger partial charge < -0.3 is 19.1 Å². The van der Waals surface area contributed by atoms with Crippen LogP contribution in [0.2, 0.25) is 0 Å². The number of hydrogen-bond acceptors (Lipinski definition) is 6. The van der Waals surface area contributed by atoms with Crippen LogP contribution in [0.1, 0.15) is 27.8 Å². The Morgan fingerprint density at radius 2 is 2.17 bits per heavy atom. The van der Waals surface area contributed by atoms with E-state index in [-0.39, 0.29) is 5.91 Å². The van der Waals surface area contributed by atoms with E-state index in [1.165, 1.54) is 0 Å². The monoisotopic (exact) mass is 319 g/mol. The van der Waals surface area contributed by atoms with Gasteiger partial charge in [-0.25, -0.2) is 0 Å². The predicted octanol–water partition coefficient (Wildman–Crippen LogP) is 0.811. The van der Waals surface area contributed by atoms with Gasteiger partial charge in [0.25, 0.3) is 5.91 Å². The van der Waals surface area contributed by atoms with Gasteiger partial charge in [0, 0.05) is 45.2 Å². The van der Waals surface area contributed by atoms with Gasteiger partial charge in [0.2, 0.25) is 5.89 Å². The van der Waals surface area contributed by atoms with Gasteiger partial charge in [-0.1, -0.05) is 5.16 Å². The molecule has 3 heterocycles. The van der Waals surface area contributed by atoms with Gasteiger partial charge in [0.1, 0.15) is 6.61 Å². The normalized spacial score (nSPS) is 16.0. The lowest BCUT2D eigenvalue weighted by Crippen LogP contribution is -2.48. The number of amides is 1. The average molecular weight is 319 g/mol. The summed E-state index contributed by atoms with van der Waals surface area (Å²) in [6.45, 7) is 5.83. The van der Waals surface area contributed by atoms with Crippen molar-refractivity contribution in [2.24, 2.45) is 0 Å². The van der Waals surface area contributed by atoms with Gasteiger partial charge in [-0.2, -0.15) is 4.98 Å². The van der Waals surface area contributed by atoms with Gasteiger partial charge >= 0.3 is 0 Å². The molecule has 1 N–H and O–H groups in total. The summed E-state index contributed by atoms with van der Waals surface area (Å²) in [5.74, 6) is 1.22. The Balaban J connectivity index is 1.52. The minimum Gasteiger partial charge on any atom is -0.377 e. The number of piperazine rings is 1. The van der Waals surface area contributed by atoms with Crippen molar-refractivity contribution in [1.29, 1.82) is 0 Å². The number of hydrogen-bond donors (Lipinski definition) is 1. The zero-order valence-electron chi connectivity index (χ0n) is 13.4. The highest BCUT2D eigenvalue weighted by molar-refractivity contribution is 5.95. The Bertz CT molecular complexity index is 658. The molecule has 1 saturated heterocycles. The molecule has 1 amide bonds. The molecule has 1 aliphatic heterocycles. The van der Waals surface area contributed by atoms with Gasteiger partial charge in [-0.15, -0.1) is 0 Å². The van der Waals surface area contributed by atoms with E-state index in [0.29, 0.717) is 38.0 Å². The highest BCUT2D eigenvalue weighted by atomic mass is 16.5. The van der Waals surface area contributed by atoms with E-state index < -0.39 is 0 Å². The maximum Gasteiger partial charge on any atom is 0.255 e. The number of aromatic nitrogens is 3. The first-order chi connectivity index (χ1) is 11.2. The molecule has 0 unspecified atom stereocenters. The van der Waals surface area contributed by atoms with Crippen molar-refractivity contribution in [1.82, 2.24) is 24.9 Å². The van der Waals surface area contributed by atoms with Crippen LogP contribution in [-0.2, 0) is 17.9 Å². The molecular weight excluding hydrogens is 298 g/mol. The summed E-state index contributed by atoms with van der Waals surface area (Å²) in [7, 11) is 1.60. The predicted molar refractivity (Wildman–Crippen MR) is 81.7 cm³/mol. The lowest BCUT2D eigenvalue weighted by molar-refractivity contribution is 0.0614. The van der Waals surface area contributed by atoms with E-state index in [9.17, 15) is 4.79 Å². The topological polar surface area (TPSA) is 87.5 Å². The van der Waals surface area contributed by atoms with Crippen molar-refractivity contribution in [2.45, 2.75) is 20.1 Å². The van der Waals surface area contributed by atoms with Crippen LogP contribution in [0.15, 0.2) is 16.8 Å². The van der Waals surface area contributed by atoms with Gasteiger partial charge in [-0.3, -0.25) is 9.69 Å². The molecule has 1 aliphatic rings. The second kappa shape index (κ2) is 6.93. The molecule has 8 heteroatoms. The van der Waals surface area contributed by atoms with Gasteiger partial charge in [-0.05, 0) is 13.0 Å². The van der Waals surface area contributed by atoms with Crippen molar-refractivity contribution in [3.63, 3.8) is 0 Å². The van der Waals surface area contributed by atoms with Crippen LogP contribution in [0, 0.1) is 6.92 Å². The summed E-state index contributed by atoms with van der Waals surface area (Å²) in [4.78, 5) is 23.9. The molecule has 2 aromatic rings. The SMILES string of the molecule is COCc1noc(CN2CCN(C(=O)c3cc[nH]c3C)CC2)n1. The Morgan fingerprint density at radius 1 is 1.39 bits per heavy atom. The first-order valence-electron chi connectivity index (χ1n) is 7.63. The van der Waals surface area contributed by atoms with Crippen molar-refractivity contribution < 1.29 is 14.1 Å². The van der Waals surface area contributed by atoms with E-state index >= 15 is 0 Å². The first kappa shape index (κ1) is 15.7. The maximum atomic E-state index is 12.5. The number of rotatable bonds is 5. The van der Waals surface area contributed by atoms with Crippen LogP contribution in [-0.4, -0.2) is 64.1 Å². The summed E-state index contributed by atoms with van der Waals surface area (Å²) in [6.07, 6.45) is 1.80. The first-order valence-corrected chi connectivity index (χ1v) is 7.63. The van der Waals surface area contributed by atoms with Gasteiger partial charge in [0.15, 0.2) is 5.82 Å². The minimum absolute atomic E-state index is 0.0866. The summed E-state index contributed by atoms with van der Waals surface area (Å²) < 4.78 is 10.2. The number of aromatic amines is 1. The van der Waals surface area contributed by atoms with Crippen LogP contribution in [0.4, 0.5) is 0 Å². The number of methoxy groups -OCH3 is 1. The Kier molecular flexibility index (Phi) is 4.73. The van der Waals surface area contributed by atoms with Crippen LogP contribution in [0.3, 0.4) is 0 Å². The number of aryl methyl sites for hydroxylation is 1. The lowest BCUT2D eigenvalue weighted by atomic mass is 10.2. The highest BCUT2D eigenvalue weighted by Crippen LogP contribution is 2.13. The quantitative estimate of drug-likeness (QED) is 0.877. The van der Waals surface area contributed by atoms with Crippen LogP contribution >= 0.6 is 0 Å². The molecular formula is C15H21N5O3. The van der Waals surface area contributed by atoms with Crippen molar-refractivity contribution >= 4 is 5.91 Å². The average Bonchev–Trinajstić information content (AvgIpc) is 3.17. The largest absolute Gasteiger partial charge is 0.377 e. The molecule has 0 atom stereocenters. The molecule has 1 fully saturated rings. The molecule has 0 radical (unpaired) electrons. The van der Waals surface area contributed by atoms with Crippen molar-refractivity contribution in [2.75, 3.05) is 33.3 Å². The summed E-state index contributed by atoms with van der Waals surface area (Å²) in [5, 5.41) is 3.85.